The van der Waals surface area contributed by atoms with Crippen LogP contribution in [0.1, 0.15) is 29.4 Å². The average Bonchev–Trinajstić information content (AvgIpc) is 3.03. The summed E-state index contributed by atoms with van der Waals surface area (Å²) >= 11 is 0. The zero-order chi connectivity index (χ0) is 16.8. The van der Waals surface area contributed by atoms with Crippen molar-refractivity contribution >= 4 is 5.91 Å². The van der Waals surface area contributed by atoms with Crippen LogP contribution in [-0.4, -0.2) is 52.5 Å². The summed E-state index contributed by atoms with van der Waals surface area (Å²) < 4.78 is 7.00. The molecule has 0 bridgehead atoms. The van der Waals surface area contributed by atoms with Crippen molar-refractivity contribution in [2.45, 2.75) is 20.3 Å². The zero-order valence-corrected chi connectivity index (χ0v) is 13.8. The van der Waals surface area contributed by atoms with Crippen molar-refractivity contribution in [1.29, 1.82) is 0 Å². The Morgan fingerprint density at radius 2 is 2.13 bits per heavy atom. The molecule has 0 aliphatic rings. The molecular weight excluding hydrogens is 294 g/mol. The van der Waals surface area contributed by atoms with Crippen molar-refractivity contribution in [3.8, 4) is 11.4 Å². The van der Waals surface area contributed by atoms with E-state index in [0.717, 1.165) is 17.7 Å². The lowest BCUT2D eigenvalue weighted by atomic mass is 10.2. The van der Waals surface area contributed by atoms with Crippen molar-refractivity contribution in [2.75, 3.05) is 26.8 Å². The highest BCUT2D eigenvalue weighted by atomic mass is 16.5. The smallest absolute Gasteiger partial charge is 0.274 e. The number of aryl methyl sites for hydroxylation is 1. The fourth-order valence-electron chi connectivity index (χ4n) is 2.42. The molecule has 2 rings (SSSR count). The first-order valence-electron chi connectivity index (χ1n) is 7.71. The number of aliphatic hydroxyl groups is 1. The maximum absolute atomic E-state index is 12.5. The molecule has 6 nitrogen and oxygen atoms in total. The monoisotopic (exact) mass is 317 g/mol. The van der Waals surface area contributed by atoms with Crippen LogP contribution in [0, 0.1) is 6.92 Å². The van der Waals surface area contributed by atoms with E-state index in [-0.39, 0.29) is 12.5 Å². The predicted molar refractivity (Wildman–Crippen MR) is 88.1 cm³/mol. The van der Waals surface area contributed by atoms with Crippen LogP contribution in [0.2, 0.25) is 0 Å². The fraction of sp³-hybridized carbons (Fsp3) is 0.412. The number of benzene rings is 1. The highest BCUT2D eigenvalue weighted by molar-refractivity contribution is 5.92. The molecule has 1 amide bonds. The van der Waals surface area contributed by atoms with Gasteiger partial charge < -0.3 is 14.7 Å². The Bertz CT molecular complexity index is 661. The van der Waals surface area contributed by atoms with E-state index in [4.69, 9.17) is 9.84 Å². The highest BCUT2D eigenvalue weighted by Gasteiger charge is 2.18. The summed E-state index contributed by atoms with van der Waals surface area (Å²) in [7, 11) is 1.61. The summed E-state index contributed by atoms with van der Waals surface area (Å²) in [5.41, 5.74) is 2.23. The number of methoxy groups -OCH3 is 1. The maximum atomic E-state index is 12.5. The normalized spacial score (nSPS) is 10.6. The summed E-state index contributed by atoms with van der Waals surface area (Å²) in [6.45, 7) is 4.84. The van der Waals surface area contributed by atoms with Gasteiger partial charge >= 0.3 is 0 Å². The SMILES string of the molecule is CCCN(CCO)C(=O)c1ccn(-c2cc(C)ccc2OC)n1. The first-order valence-corrected chi connectivity index (χ1v) is 7.71. The molecule has 1 N–H and O–H groups in total. The molecule has 6 heteroatoms. The minimum Gasteiger partial charge on any atom is -0.494 e. The van der Waals surface area contributed by atoms with Gasteiger partial charge in [-0.25, -0.2) is 4.68 Å². The van der Waals surface area contributed by atoms with Gasteiger partial charge in [-0.15, -0.1) is 0 Å². The van der Waals surface area contributed by atoms with Gasteiger partial charge in [0.2, 0.25) is 0 Å². The second-order valence-corrected chi connectivity index (χ2v) is 5.34. The maximum Gasteiger partial charge on any atom is 0.274 e. The van der Waals surface area contributed by atoms with Crippen LogP contribution in [0.4, 0.5) is 0 Å². The first kappa shape index (κ1) is 17.0. The van der Waals surface area contributed by atoms with Gasteiger partial charge in [0.1, 0.15) is 11.4 Å². The third-order valence-corrected chi connectivity index (χ3v) is 3.54. The van der Waals surface area contributed by atoms with Crippen LogP contribution >= 0.6 is 0 Å². The molecular formula is C17H23N3O3. The first-order chi connectivity index (χ1) is 11.1. The topological polar surface area (TPSA) is 67.6 Å². The standard InChI is InChI=1S/C17H23N3O3/c1-4-8-19(10-11-21)17(22)14-7-9-20(18-14)15-12-13(2)5-6-16(15)23-3/h5-7,9,12,21H,4,8,10-11H2,1-3H3. The van der Waals surface area contributed by atoms with Crippen molar-refractivity contribution in [2.24, 2.45) is 0 Å². The molecule has 0 aliphatic heterocycles. The van der Waals surface area contributed by atoms with E-state index in [9.17, 15) is 4.79 Å². The minimum atomic E-state index is -0.175. The number of rotatable bonds is 7. The molecule has 0 atom stereocenters. The lowest BCUT2D eigenvalue weighted by molar-refractivity contribution is 0.0715. The van der Waals surface area contributed by atoms with Crippen molar-refractivity contribution in [3.05, 3.63) is 41.7 Å². The summed E-state index contributed by atoms with van der Waals surface area (Å²) in [5.74, 6) is 0.518. The van der Waals surface area contributed by atoms with Crippen LogP contribution in [0.25, 0.3) is 5.69 Å². The predicted octanol–water partition coefficient (Wildman–Crippen LogP) is 2.03. The third kappa shape index (κ3) is 3.90. The van der Waals surface area contributed by atoms with Gasteiger partial charge in [0.25, 0.3) is 5.91 Å². The second kappa shape index (κ2) is 7.78. The van der Waals surface area contributed by atoms with E-state index in [2.05, 4.69) is 5.10 Å². The fourth-order valence-corrected chi connectivity index (χ4v) is 2.42. The minimum absolute atomic E-state index is 0.0574. The van der Waals surface area contributed by atoms with Crippen LogP contribution in [0.5, 0.6) is 5.75 Å². The number of carbonyl (C=O) groups is 1. The number of nitrogens with zero attached hydrogens (tertiary/aromatic N) is 3. The number of aliphatic hydroxyl groups excluding tert-OH is 1. The largest absolute Gasteiger partial charge is 0.494 e. The van der Waals surface area contributed by atoms with Crippen LogP contribution in [0.15, 0.2) is 30.5 Å². The van der Waals surface area contributed by atoms with Gasteiger partial charge in [-0.2, -0.15) is 5.10 Å². The number of ether oxygens (including phenoxy) is 1. The molecule has 1 heterocycles. The van der Waals surface area contributed by atoms with Gasteiger partial charge in [-0.3, -0.25) is 4.79 Å². The molecule has 0 aliphatic carbocycles. The number of amides is 1. The number of hydrogen-bond acceptors (Lipinski definition) is 4. The van der Waals surface area contributed by atoms with Crippen LogP contribution in [-0.2, 0) is 0 Å². The zero-order valence-electron chi connectivity index (χ0n) is 13.8. The Hall–Kier alpha value is -2.34. The van der Waals surface area contributed by atoms with E-state index >= 15 is 0 Å². The highest BCUT2D eigenvalue weighted by Crippen LogP contribution is 2.23. The number of hydrogen-bond donors (Lipinski definition) is 1. The van der Waals surface area contributed by atoms with Crippen molar-refractivity contribution in [1.82, 2.24) is 14.7 Å². The molecule has 1 aromatic heterocycles. The lowest BCUT2D eigenvalue weighted by Gasteiger charge is -2.19. The Kier molecular flexibility index (Phi) is 5.76. The summed E-state index contributed by atoms with van der Waals surface area (Å²) in [6, 6.07) is 7.48. The van der Waals surface area contributed by atoms with E-state index in [1.807, 2.05) is 32.0 Å². The van der Waals surface area contributed by atoms with E-state index in [1.54, 1.807) is 29.0 Å². The Balaban J connectivity index is 2.30. The summed E-state index contributed by atoms with van der Waals surface area (Å²) in [4.78, 5) is 14.1. The average molecular weight is 317 g/mol. The molecule has 0 saturated carbocycles. The second-order valence-electron chi connectivity index (χ2n) is 5.34. The van der Waals surface area contributed by atoms with E-state index in [0.29, 0.717) is 24.5 Å². The number of carbonyl (C=O) groups excluding carboxylic acids is 1. The van der Waals surface area contributed by atoms with Crippen molar-refractivity contribution < 1.29 is 14.6 Å². The lowest BCUT2D eigenvalue weighted by Crippen LogP contribution is -2.34. The molecule has 23 heavy (non-hydrogen) atoms. The van der Waals surface area contributed by atoms with Gasteiger partial charge in [-0.05, 0) is 37.1 Å². The van der Waals surface area contributed by atoms with Gasteiger partial charge in [0.05, 0.1) is 13.7 Å². The third-order valence-electron chi connectivity index (χ3n) is 3.54. The molecule has 0 spiro atoms. The number of aromatic nitrogens is 2. The van der Waals surface area contributed by atoms with E-state index in [1.165, 1.54) is 0 Å². The van der Waals surface area contributed by atoms with Crippen LogP contribution < -0.4 is 4.74 Å². The molecule has 0 saturated heterocycles. The molecule has 124 valence electrons. The molecule has 0 unspecified atom stereocenters. The van der Waals surface area contributed by atoms with Crippen LogP contribution in [0.3, 0.4) is 0 Å². The summed E-state index contributed by atoms with van der Waals surface area (Å²) in [6.07, 6.45) is 2.58. The Morgan fingerprint density at radius 3 is 2.78 bits per heavy atom. The van der Waals surface area contributed by atoms with E-state index < -0.39 is 0 Å². The van der Waals surface area contributed by atoms with Gasteiger partial charge in [-0.1, -0.05) is 13.0 Å². The molecule has 2 aromatic rings. The molecule has 1 aromatic carbocycles. The quantitative estimate of drug-likeness (QED) is 0.848. The van der Waals surface area contributed by atoms with Gasteiger partial charge in [0, 0.05) is 19.3 Å². The van der Waals surface area contributed by atoms with Crippen molar-refractivity contribution in [3.63, 3.8) is 0 Å². The Labute approximate surface area is 136 Å². The molecule has 0 fully saturated rings. The van der Waals surface area contributed by atoms with Gasteiger partial charge in [0.15, 0.2) is 5.69 Å². The molecule has 0 radical (unpaired) electrons. The summed E-state index contributed by atoms with van der Waals surface area (Å²) in [5, 5.41) is 13.5. The Morgan fingerprint density at radius 1 is 1.35 bits per heavy atom.